The van der Waals surface area contributed by atoms with E-state index in [1.165, 1.54) is 12.1 Å². The highest BCUT2D eigenvalue weighted by Gasteiger charge is 2.42. The first kappa shape index (κ1) is 12.5. The highest BCUT2D eigenvalue weighted by molar-refractivity contribution is 6.05. The number of hydrogen-bond donors (Lipinski definition) is 3. The van der Waals surface area contributed by atoms with Crippen LogP contribution in [0.4, 0.5) is 10.1 Å². The summed E-state index contributed by atoms with van der Waals surface area (Å²) in [6.45, 7) is 1.73. The minimum Gasteiger partial charge on any atom is -0.374 e. The summed E-state index contributed by atoms with van der Waals surface area (Å²) in [4.78, 5) is 27.2. The SMILES string of the molecule is Cc1ccc(F)c(NC(=O)C2C(=O)ONC2O)c1. The Bertz CT molecular complexity index is 506. The smallest absolute Gasteiger partial charge is 0.341 e. The monoisotopic (exact) mass is 254 g/mol. The number of rotatable bonds is 2. The van der Waals surface area contributed by atoms with Gasteiger partial charge in [0.15, 0.2) is 12.1 Å². The maximum Gasteiger partial charge on any atom is 0.341 e. The average Bonchev–Trinajstić information content (AvgIpc) is 2.63. The van der Waals surface area contributed by atoms with Crippen LogP contribution in [-0.2, 0) is 14.4 Å². The number of aliphatic hydroxyl groups is 1. The Labute approximate surface area is 102 Å². The number of anilines is 1. The van der Waals surface area contributed by atoms with Crippen molar-refractivity contribution in [1.82, 2.24) is 5.48 Å². The molecule has 1 fully saturated rings. The lowest BCUT2D eigenvalue weighted by molar-refractivity contribution is -0.147. The Morgan fingerprint density at radius 2 is 2.28 bits per heavy atom. The summed E-state index contributed by atoms with van der Waals surface area (Å²) in [6.07, 6.45) is -1.44. The summed E-state index contributed by atoms with van der Waals surface area (Å²) in [6, 6.07) is 4.17. The van der Waals surface area contributed by atoms with E-state index in [2.05, 4.69) is 10.2 Å². The molecule has 2 rings (SSSR count). The van der Waals surface area contributed by atoms with E-state index in [-0.39, 0.29) is 5.69 Å². The van der Waals surface area contributed by atoms with Gasteiger partial charge >= 0.3 is 5.97 Å². The first-order chi connectivity index (χ1) is 8.49. The molecule has 7 heteroatoms. The van der Waals surface area contributed by atoms with Crippen LogP contribution in [0.2, 0.25) is 0 Å². The van der Waals surface area contributed by atoms with Gasteiger partial charge in [-0.15, -0.1) is 5.48 Å². The molecule has 2 unspecified atom stereocenters. The van der Waals surface area contributed by atoms with Gasteiger partial charge in [-0.05, 0) is 24.6 Å². The van der Waals surface area contributed by atoms with E-state index >= 15 is 0 Å². The summed E-state index contributed by atoms with van der Waals surface area (Å²) >= 11 is 0. The van der Waals surface area contributed by atoms with Crippen molar-refractivity contribution in [1.29, 1.82) is 0 Å². The topological polar surface area (TPSA) is 87.7 Å². The molecule has 1 amide bonds. The van der Waals surface area contributed by atoms with Gasteiger partial charge < -0.3 is 15.3 Å². The fourth-order valence-electron chi connectivity index (χ4n) is 1.57. The second-order valence-corrected chi connectivity index (χ2v) is 3.93. The number of carbonyl (C=O) groups is 2. The third-order valence-corrected chi connectivity index (χ3v) is 2.51. The molecule has 0 aromatic heterocycles. The molecule has 0 radical (unpaired) electrons. The van der Waals surface area contributed by atoms with Gasteiger partial charge in [-0.25, -0.2) is 9.18 Å². The van der Waals surface area contributed by atoms with Gasteiger partial charge in [-0.3, -0.25) is 4.79 Å². The fourth-order valence-corrected chi connectivity index (χ4v) is 1.57. The molecule has 96 valence electrons. The lowest BCUT2D eigenvalue weighted by atomic mass is 10.1. The molecular weight excluding hydrogens is 243 g/mol. The molecule has 2 atom stereocenters. The second-order valence-electron chi connectivity index (χ2n) is 3.93. The van der Waals surface area contributed by atoms with Crippen LogP contribution in [0.15, 0.2) is 18.2 Å². The van der Waals surface area contributed by atoms with Crippen LogP contribution in [0.5, 0.6) is 0 Å². The predicted octanol–water partition coefficient (Wildman–Crippen LogP) is 0.0686. The van der Waals surface area contributed by atoms with Crippen molar-refractivity contribution < 1.29 is 23.9 Å². The van der Waals surface area contributed by atoms with Crippen LogP contribution in [-0.4, -0.2) is 23.2 Å². The number of carbonyl (C=O) groups excluding carboxylic acids is 2. The summed E-state index contributed by atoms with van der Waals surface area (Å²) in [7, 11) is 0. The number of amides is 1. The van der Waals surface area contributed by atoms with Crippen LogP contribution >= 0.6 is 0 Å². The van der Waals surface area contributed by atoms with Crippen LogP contribution in [0.1, 0.15) is 5.56 Å². The summed E-state index contributed by atoms with van der Waals surface area (Å²) in [5.41, 5.74) is 2.66. The molecule has 0 aliphatic carbocycles. The highest BCUT2D eigenvalue weighted by Crippen LogP contribution is 2.19. The molecule has 0 bridgehead atoms. The first-order valence-electron chi connectivity index (χ1n) is 5.20. The molecule has 1 aromatic carbocycles. The van der Waals surface area contributed by atoms with Gasteiger partial charge in [0, 0.05) is 0 Å². The molecule has 1 aliphatic heterocycles. The van der Waals surface area contributed by atoms with Crippen LogP contribution < -0.4 is 10.8 Å². The Morgan fingerprint density at radius 1 is 1.56 bits per heavy atom. The summed E-state index contributed by atoms with van der Waals surface area (Å²) in [5.74, 6) is -3.78. The largest absolute Gasteiger partial charge is 0.374 e. The minimum absolute atomic E-state index is 0.0492. The zero-order valence-corrected chi connectivity index (χ0v) is 9.44. The normalized spacial score (nSPS) is 22.7. The molecule has 0 spiro atoms. The van der Waals surface area contributed by atoms with Crippen molar-refractivity contribution in [3.8, 4) is 0 Å². The lowest BCUT2D eigenvalue weighted by Crippen LogP contribution is -2.36. The molecule has 1 heterocycles. The quantitative estimate of drug-likeness (QED) is 0.650. The van der Waals surface area contributed by atoms with E-state index in [9.17, 15) is 19.1 Å². The number of nitrogens with one attached hydrogen (secondary N) is 2. The third-order valence-electron chi connectivity index (χ3n) is 2.51. The molecule has 1 aliphatic rings. The Hall–Kier alpha value is -1.99. The van der Waals surface area contributed by atoms with E-state index in [1.807, 2.05) is 5.48 Å². The standard InChI is InChI=1S/C11H11FN2O4/c1-5-2-3-6(12)7(4-5)13-9(15)8-10(16)14-18-11(8)17/h2-4,8,10,14,16H,1H3,(H,13,15). The molecule has 18 heavy (non-hydrogen) atoms. The van der Waals surface area contributed by atoms with Gasteiger partial charge in [-0.1, -0.05) is 6.07 Å². The average molecular weight is 254 g/mol. The number of hydrogen-bond acceptors (Lipinski definition) is 5. The van der Waals surface area contributed by atoms with E-state index in [0.29, 0.717) is 0 Å². The van der Waals surface area contributed by atoms with Crippen LogP contribution in [0.25, 0.3) is 0 Å². The first-order valence-corrected chi connectivity index (χ1v) is 5.20. The van der Waals surface area contributed by atoms with Crippen molar-refractivity contribution in [3.05, 3.63) is 29.6 Å². The van der Waals surface area contributed by atoms with E-state index in [1.54, 1.807) is 13.0 Å². The van der Waals surface area contributed by atoms with Gasteiger partial charge in [0.25, 0.3) is 0 Å². The Morgan fingerprint density at radius 3 is 2.89 bits per heavy atom. The zero-order chi connectivity index (χ0) is 13.3. The zero-order valence-electron chi connectivity index (χ0n) is 9.44. The lowest BCUT2D eigenvalue weighted by Gasteiger charge is -2.11. The van der Waals surface area contributed by atoms with Gasteiger partial charge in [0.1, 0.15) is 5.82 Å². The number of hydroxylamine groups is 1. The van der Waals surface area contributed by atoms with Crippen LogP contribution in [0.3, 0.4) is 0 Å². The molecule has 6 nitrogen and oxygen atoms in total. The van der Waals surface area contributed by atoms with Gasteiger partial charge in [-0.2, -0.15) is 0 Å². The maximum absolute atomic E-state index is 13.4. The van der Waals surface area contributed by atoms with E-state index in [0.717, 1.165) is 5.56 Å². The Kier molecular flexibility index (Phi) is 3.26. The van der Waals surface area contributed by atoms with Crippen molar-refractivity contribution >= 4 is 17.6 Å². The summed E-state index contributed by atoms with van der Waals surface area (Å²) < 4.78 is 13.4. The second kappa shape index (κ2) is 4.71. The number of aliphatic hydroxyl groups excluding tert-OH is 1. The maximum atomic E-state index is 13.4. The molecule has 1 saturated heterocycles. The van der Waals surface area contributed by atoms with Crippen molar-refractivity contribution in [2.75, 3.05) is 5.32 Å². The minimum atomic E-state index is -1.44. The van der Waals surface area contributed by atoms with Crippen molar-refractivity contribution in [3.63, 3.8) is 0 Å². The predicted molar refractivity (Wildman–Crippen MR) is 58.5 cm³/mol. The number of aryl methyl sites for hydroxylation is 1. The van der Waals surface area contributed by atoms with Crippen LogP contribution in [0, 0.1) is 18.7 Å². The molecule has 0 saturated carbocycles. The van der Waals surface area contributed by atoms with Gasteiger partial charge in [0.2, 0.25) is 5.91 Å². The van der Waals surface area contributed by atoms with Crippen molar-refractivity contribution in [2.24, 2.45) is 5.92 Å². The molecule has 1 aromatic rings. The van der Waals surface area contributed by atoms with Crippen molar-refractivity contribution in [2.45, 2.75) is 13.2 Å². The van der Waals surface area contributed by atoms with E-state index in [4.69, 9.17) is 0 Å². The molecule has 3 N–H and O–H groups in total. The Balaban J connectivity index is 2.16. The number of halogens is 1. The third kappa shape index (κ3) is 2.31. The molecular formula is C11H11FN2O4. The van der Waals surface area contributed by atoms with Gasteiger partial charge in [0.05, 0.1) is 5.69 Å². The number of benzene rings is 1. The van der Waals surface area contributed by atoms with E-state index < -0.39 is 29.8 Å². The summed E-state index contributed by atoms with van der Waals surface area (Å²) in [5, 5.41) is 11.6. The highest BCUT2D eigenvalue weighted by atomic mass is 19.1. The fraction of sp³-hybridized carbons (Fsp3) is 0.273.